The van der Waals surface area contributed by atoms with Crippen LogP contribution in [0.4, 0.5) is 0 Å². The Morgan fingerprint density at radius 3 is 1.67 bits per heavy atom. The van der Waals surface area contributed by atoms with Crippen LogP contribution in [0.25, 0.3) is 0 Å². The van der Waals surface area contributed by atoms with Crippen molar-refractivity contribution in [3.05, 3.63) is 0 Å². The molecule has 0 saturated carbocycles. The van der Waals surface area contributed by atoms with E-state index in [0.717, 1.165) is 0 Å². The van der Waals surface area contributed by atoms with Crippen molar-refractivity contribution in [2.24, 2.45) is 0 Å². The maximum atomic E-state index is 4.77. The fourth-order valence-electron chi connectivity index (χ4n) is 0.416. The van der Waals surface area contributed by atoms with Crippen molar-refractivity contribution in [2.75, 3.05) is 14.2 Å². The maximum absolute atomic E-state index is 4.77. The van der Waals surface area contributed by atoms with Crippen LogP contribution in [0.1, 0.15) is 0 Å². The van der Waals surface area contributed by atoms with E-state index in [0.29, 0.717) is 0 Å². The van der Waals surface area contributed by atoms with Gasteiger partial charge in [0.05, 0.1) is 0 Å². The molecule has 1 saturated heterocycles. The van der Waals surface area contributed by atoms with Crippen LogP contribution in [0.3, 0.4) is 0 Å². The normalized spacial score (nSPS) is 35.3. The van der Waals surface area contributed by atoms with E-state index in [1.165, 1.54) is 14.2 Å². The molecule has 1 rings (SSSR count). The maximum Gasteiger partial charge on any atom is 0.305 e. The summed E-state index contributed by atoms with van der Waals surface area (Å²) >= 11 is 0. The summed E-state index contributed by atoms with van der Waals surface area (Å²) < 4.78 is 14.0. The predicted octanol–water partition coefficient (Wildman–Crippen LogP) is -0.175. The van der Waals surface area contributed by atoms with E-state index in [-0.39, 0.29) is 0 Å². The minimum Gasteiger partial charge on any atom is -0.331 e. The van der Waals surface area contributed by atoms with Crippen LogP contribution in [0.5, 0.6) is 0 Å². The molecule has 5 heteroatoms. The Hall–Kier alpha value is -0.200. The van der Waals surface area contributed by atoms with Crippen LogP contribution in [-0.2, 0) is 24.0 Å². The van der Waals surface area contributed by atoms with Crippen molar-refractivity contribution in [1.82, 2.24) is 0 Å². The first kappa shape index (κ1) is 6.91. The van der Waals surface area contributed by atoms with Gasteiger partial charge in [-0.25, -0.2) is 0 Å². The summed E-state index contributed by atoms with van der Waals surface area (Å²) in [4.78, 5) is 8.87. The van der Waals surface area contributed by atoms with E-state index in [1.807, 2.05) is 0 Å². The van der Waals surface area contributed by atoms with Gasteiger partial charge in [-0.15, -0.1) is 0 Å². The molecule has 0 aromatic heterocycles. The third-order valence-electron chi connectivity index (χ3n) is 0.820. The minimum absolute atomic E-state index is 0.769. The summed E-state index contributed by atoms with van der Waals surface area (Å²) in [6.45, 7) is -1.54. The standard InChI is InChI=1S/C4H8O5/c1-5-3-7-4(6-2)9-8-3/h3-4H,1-2H3. The summed E-state index contributed by atoms with van der Waals surface area (Å²) in [5.41, 5.74) is 0. The monoisotopic (exact) mass is 136 g/mol. The van der Waals surface area contributed by atoms with Crippen LogP contribution >= 0.6 is 0 Å². The van der Waals surface area contributed by atoms with E-state index in [1.54, 1.807) is 0 Å². The van der Waals surface area contributed by atoms with Gasteiger partial charge in [-0.05, 0) is 0 Å². The second-order valence-electron chi connectivity index (χ2n) is 1.38. The molecular weight excluding hydrogens is 128 g/mol. The lowest BCUT2D eigenvalue weighted by Gasteiger charge is -2.02. The second kappa shape index (κ2) is 3.09. The van der Waals surface area contributed by atoms with Crippen molar-refractivity contribution >= 4 is 0 Å². The lowest BCUT2D eigenvalue weighted by atomic mass is 11.2. The first-order valence-electron chi connectivity index (χ1n) is 2.40. The van der Waals surface area contributed by atoms with E-state index >= 15 is 0 Å². The van der Waals surface area contributed by atoms with Gasteiger partial charge in [0, 0.05) is 14.2 Å². The fourth-order valence-corrected chi connectivity index (χ4v) is 0.416. The smallest absolute Gasteiger partial charge is 0.305 e. The molecule has 1 aliphatic rings. The summed E-state index contributed by atoms with van der Waals surface area (Å²) in [7, 11) is 2.87. The molecule has 0 aromatic rings. The lowest BCUT2D eigenvalue weighted by Crippen LogP contribution is -2.14. The molecule has 5 nitrogen and oxygen atoms in total. The van der Waals surface area contributed by atoms with Crippen LogP contribution < -0.4 is 0 Å². The Balaban J connectivity index is 2.20. The SMILES string of the molecule is COC1OOC(OC)O1. The topological polar surface area (TPSA) is 46.2 Å². The van der Waals surface area contributed by atoms with Gasteiger partial charge in [-0.2, -0.15) is 9.78 Å². The lowest BCUT2D eigenvalue weighted by molar-refractivity contribution is -0.366. The fraction of sp³-hybridized carbons (Fsp3) is 1.00. The van der Waals surface area contributed by atoms with Crippen LogP contribution in [-0.4, -0.2) is 27.2 Å². The van der Waals surface area contributed by atoms with Gasteiger partial charge in [0.2, 0.25) is 0 Å². The molecule has 0 N–H and O–H groups in total. The van der Waals surface area contributed by atoms with Gasteiger partial charge in [0.15, 0.2) is 0 Å². The quantitative estimate of drug-likeness (QED) is 0.493. The average molecular weight is 136 g/mol. The Morgan fingerprint density at radius 1 is 1.00 bits per heavy atom. The van der Waals surface area contributed by atoms with Gasteiger partial charge >= 0.3 is 13.0 Å². The number of hydrogen-bond acceptors (Lipinski definition) is 5. The first-order chi connectivity index (χ1) is 4.36. The molecule has 54 valence electrons. The number of ether oxygens (including phenoxy) is 3. The van der Waals surface area contributed by atoms with Crippen molar-refractivity contribution in [3.63, 3.8) is 0 Å². The van der Waals surface area contributed by atoms with Gasteiger partial charge in [-0.3, -0.25) is 4.74 Å². The van der Waals surface area contributed by atoms with Gasteiger partial charge in [0.25, 0.3) is 0 Å². The van der Waals surface area contributed by atoms with E-state index < -0.39 is 13.0 Å². The second-order valence-corrected chi connectivity index (χ2v) is 1.38. The summed E-state index contributed by atoms with van der Waals surface area (Å²) in [5, 5.41) is 0. The van der Waals surface area contributed by atoms with E-state index in [4.69, 9.17) is 4.74 Å². The van der Waals surface area contributed by atoms with Crippen LogP contribution in [0.15, 0.2) is 0 Å². The molecule has 0 aromatic carbocycles. The zero-order valence-corrected chi connectivity index (χ0v) is 5.20. The highest BCUT2D eigenvalue weighted by Gasteiger charge is 2.27. The van der Waals surface area contributed by atoms with Crippen molar-refractivity contribution in [3.8, 4) is 0 Å². The molecule has 0 spiro atoms. The molecule has 0 bridgehead atoms. The third-order valence-corrected chi connectivity index (χ3v) is 0.820. The first-order valence-corrected chi connectivity index (χ1v) is 2.40. The molecule has 2 atom stereocenters. The molecule has 1 aliphatic heterocycles. The van der Waals surface area contributed by atoms with E-state index in [9.17, 15) is 0 Å². The molecule has 0 aliphatic carbocycles. The zero-order valence-electron chi connectivity index (χ0n) is 5.20. The number of rotatable bonds is 2. The third kappa shape index (κ3) is 1.60. The largest absolute Gasteiger partial charge is 0.331 e. The molecule has 1 fully saturated rings. The molecule has 1 heterocycles. The summed E-state index contributed by atoms with van der Waals surface area (Å²) in [5.74, 6) is 0. The highest BCUT2D eigenvalue weighted by molar-refractivity contribution is 4.24. The summed E-state index contributed by atoms with van der Waals surface area (Å²) in [6, 6.07) is 0. The number of methoxy groups -OCH3 is 2. The Bertz CT molecular complexity index is 75.0. The Labute approximate surface area is 52.3 Å². The van der Waals surface area contributed by atoms with Gasteiger partial charge in [-0.1, -0.05) is 0 Å². The van der Waals surface area contributed by atoms with Gasteiger partial charge < -0.3 is 9.47 Å². The molecule has 0 radical (unpaired) electrons. The molecule has 9 heavy (non-hydrogen) atoms. The van der Waals surface area contributed by atoms with Crippen molar-refractivity contribution < 1.29 is 24.0 Å². The Kier molecular flexibility index (Phi) is 2.38. The van der Waals surface area contributed by atoms with Crippen LogP contribution in [0.2, 0.25) is 0 Å². The molecule has 0 amide bonds. The Morgan fingerprint density at radius 2 is 1.44 bits per heavy atom. The zero-order chi connectivity index (χ0) is 6.69. The molecule has 2 unspecified atom stereocenters. The minimum atomic E-state index is -0.769. The predicted molar refractivity (Wildman–Crippen MR) is 24.8 cm³/mol. The average Bonchev–Trinajstić information content (AvgIpc) is 2.34. The highest BCUT2D eigenvalue weighted by Crippen LogP contribution is 2.12. The highest BCUT2D eigenvalue weighted by atomic mass is 17.3. The van der Waals surface area contributed by atoms with Crippen molar-refractivity contribution in [2.45, 2.75) is 13.0 Å². The van der Waals surface area contributed by atoms with Crippen molar-refractivity contribution in [1.29, 1.82) is 0 Å². The van der Waals surface area contributed by atoms with Crippen LogP contribution in [0, 0.1) is 0 Å². The molecular formula is C4H8O5. The van der Waals surface area contributed by atoms with E-state index in [2.05, 4.69) is 19.2 Å². The summed E-state index contributed by atoms with van der Waals surface area (Å²) in [6.07, 6.45) is 0. The number of hydrogen-bond donors (Lipinski definition) is 0. The van der Waals surface area contributed by atoms with Gasteiger partial charge in [0.1, 0.15) is 0 Å².